The van der Waals surface area contributed by atoms with E-state index in [9.17, 15) is 8.78 Å². The van der Waals surface area contributed by atoms with Crippen molar-refractivity contribution in [1.29, 1.82) is 0 Å². The standard InChI is InChI=1S/C18H21F2NO3/c1-11(13-5-6-14(19)15(20)9-13)21-10-12-7-16(22-2)18(24-4)17(8-12)23-3/h5-9,11,21H,10H2,1-4H3/t11-/m0/s1. The molecule has 0 aromatic heterocycles. The molecule has 0 unspecified atom stereocenters. The quantitative estimate of drug-likeness (QED) is 0.833. The van der Waals surface area contributed by atoms with E-state index < -0.39 is 11.6 Å². The Labute approximate surface area is 140 Å². The summed E-state index contributed by atoms with van der Waals surface area (Å²) in [5.41, 5.74) is 1.58. The molecule has 2 aromatic carbocycles. The van der Waals surface area contributed by atoms with Crippen molar-refractivity contribution in [3.05, 3.63) is 53.1 Å². The first-order valence-corrected chi connectivity index (χ1v) is 7.47. The number of ether oxygens (including phenoxy) is 3. The van der Waals surface area contributed by atoms with Crippen LogP contribution in [0.15, 0.2) is 30.3 Å². The number of methoxy groups -OCH3 is 3. The third kappa shape index (κ3) is 3.94. The second-order valence-corrected chi connectivity index (χ2v) is 5.31. The highest BCUT2D eigenvalue weighted by Crippen LogP contribution is 2.38. The van der Waals surface area contributed by atoms with Gasteiger partial charge < -0.3 is 19.5 Å². The van der Waals surface area contributed by atoms with Crippen molar-refractivity contribution in [2.45, 2.75) is 19.5 Å². The lowest BCUT2D eigenvalue weighted by Gasteiger charge is -2.17. The number of nitrogens with one attached hydrogen (secondary N) is 1. The number of hydrogen-bond acceptors (Lipinski definition) is 4. The zero-order chi connectivity index (χ0) is 17.7. The first-order chi connectivity index (χ1) is 11.5. The molecular formula is C18H21F2NO3. The van der Waals surface area contributed by atoms with E-state index in [1.165, 1.54) is 6.07 Å². The average Bonchev–Trinajstić information content (AvgIpc) is 2.60. The predicted octanol–water partition coefficient (Wildman–Crippen LogP) is 3.84. The largest absolute Gasteiger partial charge is 0.493 e. The van der Waals surface area contributed by atoms with E-state index in [0.29, 0.717) is 29.4 Å². The van der Waals surface area contributed by atoms with Crippen molar-refractivity contribution < 1.29 is 23.0 Å². The predicted molar refractivity (Wildman–Crippen MR) is 87.7 cm³/mol. The van der Waals surface area contributed by atoms with Crippen LogP contribution >= 0.6 is 0 Å². The van der Waals surface area contributed by atoms with Gasteiger partial charge >= 0.3 is 0 Å². The third-order valence-corrected chi connectivity index (χ3v) is 3.78. The van der Waals surface area contributed by atoms with Crippen molar-refractivity contribution in [3.63, 3.8) is 0 Å². The van der Waals surface area contributed by atoms with E-state index in [1.54, 1.807) is 27.4 Å². The first-order valence-electron chi connectivity index (χ1n) is 7.47. The van der Waals surface area contributed by atoms with E-state index in [2.05, 4.69) is 5.32 Å². The topological polar surface area (TPSA) is 39.7 Å². The Bertz CT molecular complexity index is 682. The summed E-state index contributed by atoms with van der Waals surface area (Å²) in [5, 5.41) is 3.26. The second-order valence-electron chi connectivity index (χ2n) is 5.31. The molecule has 2 rings (SSSR count). The van der Waals surface area contributed by atoms with Crippen LogP contribution in [0.25, 0.3) is 0 Å². The van der Waals surface area contributed by atoms with Gasteiger partial charge in [0.25, 0.3) is 0 Å². The summed E-state index contributed by atoms with van der Waals surface area (Å²) in [5.74, 6) is -0.0508. The monoisotopic (exact) mass is 337 g/mol. The first kappa shape index (κ1) is 18.0. The molecule has 0 amide bonds. The lowest BCUT2D eigenvalue weighted by molar-refractivity contribution is 0.323. The molecule has 0 aliphatic heterocycles. The molecule has 1 atom stereocenters. The zero-order valence-corrected chi connectivity index (χ0v) is 14.2. The van der Waals surface area contributed by atoms with Gasteiger partial charge in [0.15, 0.2) is 23.1 Å². The third-order valence-electron chi connectivity index (χ3n) is 3.78. The summed E-state index contributed by atoms with van der Waals surface area (Å²) >= 11 is 0. The molecule has 0 saturated heterocycles. The van der Waals surface area contributed by atoms with Crippen LogP contribution in [0, 0.1) is 11.6 Å². The van der Waals surface area contributed by atoms with Crippen molar-refractivity contribution in [2.75, 3.05) is 21.3 Å². The van der Waals surface area contributed by atoms with Crippen LogP contribution in [0.1, 0.15) is 24.1 Å². The smallest absolute Gasteiger partial charge is 0.203 e. The molecule has 0 spiro atoms. The van der Waals surface area contributed by atoms with Crippen LogP contribution in [0.5, 0.6) is 17.2 Å². The lowest BCUT2D eigenvalue weighted by atomic mass is 10.1. The van der Waals surface area contributed by atoms with Gasteiger partial charge in [-0.3, -0.25) is 0 Å². The number of rotatable bonds is 7. The molecule has 0 saturated carbocycles. The fourth-order valence-corrected chi connectivity index (χ4v) is 2.41. The van der Waals surface area contributed by atoms with Gasteiger partial charge in [0.05, 0.1) is 21.3 Å². The average molecular weight is 337 g/mol. The summed E-state index contributed by atoms with van der Waals surface area (Å²) in [4.78, 5) is 0. The summed E-state index contributed by atoms with van der Waals surface area (Å²) in [6.07, 6.45) is 0. The van der Waals surface area contributed by atoms with Gasteiger partial charge in [-0.2, -0.15) is 0 Å². The SMILES string of the molecule is COc1cc(CN[C@@H](C)c2ccc(F)c(F)c2)cc(OC)c1OC. The van der Waals surface area contributed by atoms with Crippen LogP contribution in [0.2, 0.25) is 0 Å². The molecule has 1 N–H and O–H groups in total. The Balaban J connectivity index is 2.14. The van der Waals surface area contributed by atoms with E-state index in [1.807, 2.05) is 19.1 Å². The highest BCUT2D eigenvalue weighted by Gasteiger charge is 2.14. The molecule has 130 valence electrons. The molecule has 0 radical (unpaired) electrons. The van der Waals surface area contributed by atoms with Crippen molar-refractivity contribution >= 4 is 0 Å². The van der Waals surface area contributed by atoms with Gasteiger partial charge in [-0.15, -0.1) is 0 Å². The van der Waals surface area contributed by atoms with E-state index in [-0.39, 0.29) is 6.04 Å². The molecular weight excluding hydrogens is 316 g/mol. The normalized spacial score (nSPS) is 11.9. The van der Waals surface area contributed by atoms with Crippen LogP contribution in [0.4, 0.5) is 8.78 Å². The summed E-state index contributed by atoms with van der Waals surface area (Å²) in [6.45, 7) is 2.38. The van der Waals surface area contributed by atoms with Crippen LogP contribution in [0.3, 0.4) is 0 Å². The highest BCUT2D eigenvalue weighted by molar-refractivity contribution is 5.53. The zero-order valence-electron chi connectivity index (χ0n) is 14.2. The van der Waals surface area contributed by atoms with Crippen molar-refractivity contribution in [3.8, 4) is 17.2 Å². The van der Waals surface area contributed by atoms with Crippen LogP contribution < -0.4 is 19.5 Å². The Morgan fingerprint density at radius 2 is 1.54 bits per heavy atom. The maximum atomic E-state index is 13.3. The van der Waals surface area contributed by atoms with E-state index >= 15 is 0 Å². The minimum atomic E-state index is -0.853. The molecule has 0 fully saturated rings. The Hall–Kier alpha value is -2.34. The molecule has 6 heteroatoms. The molecule has 0 aliphatic carbocycles. The molecule has 4 nitrogen and oxygen atoms in total. The van der Waals surface area contributed by atoms with Crippen LogP contribution in [-0.4, -0.2) is 21.3 Å². The molecule has 0 aliphatic rings. The Kier molecular flexibility index (Phi) is 5.98. The maximum Gasteiger partial charge on any atom is 0.203 e. The minimum Gasteiger partial charge on any atom is -0.493 e. The van der Waals surface area contributed by atoms with E-state index in [0.717, 1.165) is 11.6 Å². The number of benzene rings is 2. The van der Waals surface area contributed by atoms with Gasteiger partial charge in [0.2, 0.25) is 5.75 Å². The van der Waals surface area contributed by atoms with Gasteiger partial charge in [-0.25, -0.2) is 8.78 Å². The summed E-state index contributed by atoms with van der Waals surface area (Å²) in [7, 11) is 4.65. The molecule has 0 heterocycles. The Morgan fingerprint density at radius 3 is 2.04 bits per heavy atom. The number of hydrogen-bond donors (Lipinski definition) is 1. The highest BCUT2D eigenvalue weighted by atomic mass is 19.2. The lowest BCUT2D eigenvalue weighted by Crippen LogP contribution is -2.18. The van der Waals surface area contributed by atoms with E-state index in [4.69, 9.17) is 14.2 Å². The van der Waals surface area contributed by atoms with Gasteiger partial charge in [-0.1, -0.05) is 6.07 Å². The molecule has 0 bridgehead atoms. The Morgan fingerprint density at radius 1 is 0.917 bits per heavy atom. The second kappa shape index (κ2) is 7.97. The van der Waals surface area contributed by atoms with Gasteiger partial charge in [0, 0.05) is 12.6 Å². The fraction of sp³-hybridized carbons (Fsp3) is 0.333. The summed E-state index contributed by atoms with van der Waals surface area (Å²) < 4.78 is 42.3. The van der Waals surface area contributed by atoms with Gasteiger partial charge in [-0.05, 0) is 42.3 Å². The minimum absolute atomic E-state index is 0.154. The van der Waals surface area contributed by atoms with Crippen molar-refractivity contribution in [1.82, 2.24) is 5.32 Å². The molecule has 2 aromatic rings. The van der Waals surface area contributed by atoms with Crippen molar-refractivity contribution in [2.24, 2.45) is 0 Å². The maximum absolute atomic E-state index is 13.3. The fourth-order valence-electron chi connectivity index (χ4n) is 2.41. The van der Waals surface area contributed by atoms with Crippen LogP contribution in [-0.2, 0) is 6.54 Å². The van der Waals surface area contributed by atoms with Gasteiger partial charge in [0.1, 0.15) is 0 Å². The molecule has 24 heavy (non-hydrogen) atoms. The number of halogens is 2. The summed E-state index contributed by atoms with van der Waals surface area (Å²) in [6, 6.07) is 7.41.